The van der Waals surface area contributed by atoms with Crippen LogP contribution in [-0.2, 0) is 0 Å². The highest BCUT2D eigenvalue weighted by molar-refractivity contribution is 5.63. The van der Waals surface area contributed by atoms with Crippen LogP contribution in [0.3, 0.4) is 0 Å². The number of methoxy groups -OCH3 is 1. The van der Waals surface area contributed by atoms with Crippen LogP contribution in [0.2, 0.25) is 0 Å². The zero-order valence-corrected chi connectivity index (χ0v) is 9.97. The summed E-state index contributed by atoms with van der Waals surface area (Å²) in [7, 11) is 1.54. The number of hydrogen-bond acceptors (Lipinski definition) is 5. The first-order valence-electron chi connectivity index (χ1n) is 5.32. The minimum absolute atomic E-state index is 0.0586. The van der Waals surface area contributed by atoms with Crippen molar-refractivity contribution in [3.63, 3.8) is 0 Å². The lowest BCUT2D eigenvalue weighted by atomic mass is 10.2. The molecular formula is C12H14N2O3. The van der Waals surface area contributed by atoms with Crippen molar-refractivity contribution in [3.05, 3.63) is 24.0 Å². The van der Waals surface area contributed by atoms with Crippen molar-refractivity contribution in [1.29, 1.82) is 0 Å². The van der Waals surface area contributed by atoms with Gasteiger partial charge in [0, 0.05) is 12.0 Å². The Morgan fingerprint density at radius 3 is 2.65 bits per heavy atom. The van der Waals surface area contributed by atoms with Crippen molar-refractivity contribution in [3.8, 4) is 23.0 Å². The fourth-order valence-electron chi connectivity index (χ4n) is 1.40. The fourth-order valence-corrected chi connectivity index (χ4v) is 1.40. The second kappa shape index (κ2) is 4.45. The van der Waals surface area contributed by atoms with Gasteiger partial charge >= 0.3 is 0 Å². The lowest BCUT2D eigenvalue weighted by Crippen LogP contribution is -1.89. The number of rotatable bonds is 3. The molecule has 2 rings (SSSR count). The Labute approximate surface area is 99.0 Å². The summed E-state index contributed by atoms with van der Waals surface area (Å²) in [5.41, 5.74) is 0.505. The molecule has 0 saturated heterocycles. The molecule has 1 aromatic carbocycles. The molecule has 5 heteroatoms. The third kappa shape index (κ3) is 2.22. The molecular weight excluding hydrogens is 220 g/mol. The van der Waals surface area contributed by atoms with E-state index in [9.17, 15) is 5.11 Å². The van der Waals surface area contributed by atoms with Crippen LogP contribution in [-0.4, -0.2) is 22.4 Å². The fraction of sp³-hybridized carbons (Fsp3) is 0.333. The molecule has 0 aliphatic rings. The Bertz CT molecular complexity index is 520. The van der Waals surface area contributed by atoms with Gasteiger partial charge in [0.2, 0.25) is 0 Å². The van der Waals surface area contributed by atoms with Gasteiger partial charge in [0.25, 0.3) is 5.89 Å². The number of ether oxygens (including phenoxy) is 1. The molecule has 0 aliphatic carbocycles. The number of nitrogens with zero attached hydrogens (tertiary/aromatic N) is 2. The van der Waals surface area contributed by atoms with E-state index in [0.717, 1.165) is 0 Å². The van der Waals surface area contributed by atoms with Gasteiger partial charge in [-0.2, -0.15) is 4.98 Å². The van der Waals surface area contributed by atoms with Crippen LogP contribution in [0.5, 0.6) is 11.5 Å². The van der Waals surface area contributed by atoms with Crippen molar-refractivity contribution >= 4 is 0 Å². The highest BCUT2D eigenvalue weighted by Gasteiger charge is 2.14. The molecule has 1 heterocycles. The van der Waals surface area contributed by atoms with Gasteiger partial charge in [0.1, 0.15) is 11.5 Å². The molecule has 1 aromatic heterocycles. The van der Waals surface area contributed by atoms with E-state index in [1.165, 1.54) is 13.2 Å². The number of hydrogen-bond donors (Lipinski definition) is 1. The van der Waals surface area contributed by atoms with Crippen LogP contribution >= 0.6 is 0 Å². The molecule has 2 aromatic rings. The van der Waals surface area contributed by atoms with E-state index in [2.05, 4.69) is 10.1 Å². The lowest BCUT2D eigenvalue weighted by Gasteiger charge is -2.02. The van der Waals surface area contributed by atoms with Gasteiger partial charge in [-0.3, -0.25) is 0 Å². The second-order valence-corrected chi connectivity index (χ2v) is 4.00. The highest BCUT2D eigenvalue weighted by atomic mass is 16.5. The SMILES string of the molecule is COc1ccc(-c2nc(C(C)C)no2)c(O)c1. The molecule has 0 fully saturated rings. The summed E-state index contributed by atoms with van der Waals surface area (Å²) in [6.45, 7) is 3.95. The van der Waals surface area contributed by atoms with Gasteiger partial charge in [-0.25, -0.2) is 0 Å². The molecule has 0 radical (unpaired) electrons. The smallest absolute Gasteiger partial charge is 0.261 e. The van der Waals surface area contributed by atoms with Gasteiger partial charge in [0.15, 0.2) is 5.82 Å². The summed E-state index contributed by atoms with van der Waals surface area (Å²) in [6, 6.07) is 4.93. The summed E-state index contributed by atoms with van der Waals surface area (Å²) >= 11 is 0. The second-order valence-electron chi connectivity index (χ2n) is 4.00. The largest absolute Gasteiger partial charge is 0.507 e. The van der Waals surface area contributed by atoms with E-state index in [4.69, 9.17) is 9.26 Å². The predicted octanol–water partition coefficient (Wildman–Crippen LogP) is 2.57. The summed E-state index contributed by atoms with van der Waals surface area (Å²) in [5.74, 6) is 1.76. The number of aromatic nitrogens is 2. The number of phenols is 1. The van der Waals surface area contributed by atoms with Crippen molar-refractivity contribution < 1.29 is 14.4 Å². The lowest BCUT2D eigenvalue weighted by molar-refractivity contribution is 0.403. The quantitative estimate of drug-likeness (QED) is 0.883. The van der Waals surface area contributed by atoms with E-state index in [1.54, 1.807) is 12.1 Å². The first-order valence-corrected chi connectivity index (χ1v) is 5.32. The maximum atomic E-state index is 9.82. The van der Waals surface area contributed by atoms with Crippen LogP contribution in [0.1, 0.15) is 25.6 Å². The van der Waals surface area contributed by atoms with Crippen LogP contribution in [0.15, 0.2) is 22.7 Å². The maximum Gasteiger partial charge on any atom is 0.261 e. The average Bonchev–Trinajstić information content (AvgIpc) is 2.78. The third-order valence-electron chi connectivity index (χ3n) is 2.39. The first-order chi connectivity index (χ1) is 8.11. The summed E-state index contributed by atoms with van der Waals surface area (Å²) < 4.78 is 10.1. The molecule has 0 amide bonds. The van der Waals surface area contributed by atoms with Crippen LogP contribution < -0.4 is 4.74 Å². The van der Waals surface area contributed by atoms with Crippen molar-refractivity contribution in [2.24, 2.45) is 0 Å². The molecule has 17 heavy (non-hydrogen) atoms. The van der Waals surface area contributed by atoms with Crippen LogP contribution in [0.25, 0.3) is 11.5 Å². The molecule has 1 N–H and O–H groups in total. The van der Waals surface area contributed by atoms with Crippen molar-refractivity contribution in [1.82, 2.24) is 10.1 Å². The molecule has 0 saturated carbocycles. The topological polar surface area (TPSA) is 68.4 Å². The van der Waals surface area contributed by atoms with Gasteiger partial charge in [-0.15, -0.1) is 0 Å². The van der Waals surface area contributed by atoms with E-state index < -0.39 is 0 Å². The predicted molar refractivity (Wildman–Crippen MR) is 62.0 cm³/mol. The molecule has 0 atom stereocenters. The Morgan fingerprint density at radius 1 is 1.35 bits per heavy atom. The Hall–Kier alpha value is -2.04. The molecule has 5 nitrogen and oxygen atoms in total. The van der Waals surface area contributed by atoms with Gasteiger partial charge in [0.05, 0.1) is 12.7 Å². The summed E-state index contributed by atoms with van der Waals surface area (Å²) in [6.07, 6.45) is 0. The van der Waals surface area contributed by atoms with E-state index >= 15 is 0 Å². The Kier molecular flexibility index (Phi) is 2.99. The zero-order valence-electron chi connectivity index (χ0n) is 9.97. The van der Waals surface area contributed by atoms with Crippen LogP contribution in [0.4, 0.5) is 0 Å². The van der Waals surface area contributed by atoms with Crippen molar-refractivity contribution in [2.75, 3.05) is 7.11 Å². The molecule has 0 bridgehead atoms. The summed E-state index contributed by atoms with van der Waals surface area (Å²) in [5, 5.41) is 13.7. The van der Waals surface area contributed by atoms with Crippen LogP contribution in [0, 0.1) is 0 Å². The molecule has 0 aliphatic heterocycles. The number of aromatic hydroxyl groups is 1. The molecule has 90 valence electrons. The molecule has 0 spiro atoms. The molecule has 0 unspecified atom stereocenters. The van der Waals surface area contributed by atoms with Gasteiger partial charge < -0.3 is 14.4 Å². The van der Waals surface area contributed by atoms with Gasteiger partial charge in [-0.05, 0) is 12.1 Å². The highest BCUT2D eigenvalue weighted by Crippen LogP contribution is 2.31. The van der Waals surface area contributed by atoms with Gasteiger partial charge in [-0.1, -0.05) is 19.0 Å². The van der Waals surface area contributed by atoms with E-state index in [1.807, 2.05) is 13.8 Å². The third-order valence-corrected chi connectivity index (χ3v) is 2.39. The maximum absolute atomic E-state index is 9.82. The van der Waals surface area contributed by atoms with E-state index in [-0.39, 0.29) is 11.7 Å². The Morgan fingerprint density at radius 2 is 2.12 bits per heavy atom. The normalized spacial score (nSPS) is 10.8. The minimum Gasteiger partial charge on any atom is -0.507 e. The Balaban J connectivity index is 2.38. The number of phenolic OH excluding ortho intramolecular Hbond substituents is 1. The van der Waals surface area contributed by atoms with E-state index in [0.29, 0.717) is 23.0 Å². The standard InChI is InChI=1S/C12H14N2O3/c1-7(2)11-13-12(17-14-11)9-5-4-8(16-3)6-10(9)15/h4-7,15H,1-3H3. The average molecular weight is 234 g/mol. The first kappa shape index (κ1) is 11.4. The zero-order chi connectivity index (χ0) is 12.4. The number of benzene rings is 1. The summed E-state index contributed by atoms with van der Waals surface area (Å²) in [4.78, 5) is 4.22. The minimum atomic E-state index is 0.0586. The van der Waals surface area contributed by atoms with Crippen molar-refractivity contribution in [2.45, 2.75) is 19.8 Å². The monoisotopic (exact) mass is 234 g/mol.